The molecule has 0 unspecified atom stereocenters. The van der Waals surface area contributed by atoms with Crippen LogP contribution in [0.5, 0.6) is 0 Å². The quantitative estimate of drug-likeness (QED) is 0.863. The lowest BCUT2D eigenvalue weighted by molar-refractivity contribution is -0.131. The van der Waals surface area contributed by atoms with Crippen LogP contribution in [0.1, 0.15) is 18.4 Å². The van der Waals surface area contributed by atoms with Gasteiger partial charge in [0.1, 0.15) is 0 Å². The molecule has 0 saturated carbocycles. The molecule has 0 spiro atoms. The first-order valence-electron chi connectivity index (χ1n) is 7.40. The fourth-order valence-corrected chi connectivity index (χ4v) is 3.31. The first-order valence-corrected chi connectivity index (χ1v) is 8.84. The molecule has 2 rings (SSSR count). The second-order valence-corrected chi connectivity index (χ2v) is 7.64. The number of amides is 1. The number of carbonyl (C=O) groups excluding carboxylic acids is 1. The number of hydrogen-bond acceptors (Lipinski definition) is 3. The van der Waals surface area contributed by atoms with E-state index in [9.17, 15) is 13.2 Å². The number of nitrogens with zero attached hydrogens (tertiary/aromatic N) is 2. The van der Waals surface area contributed by atoms with E-state index < -0.39 is 10.2 Å². The van der Waals surface area contributed by atoms with Crippen LogP contribution in [0, 0.1) is 0 Å². The molecule has 0 aliphatic carbocycles. The molecule has 1 aromatic carbocycles. The van der Waals surface area contributed by atoms with Crippen LogP contribution in [0.15, 0.2) is 30.3 Å². The van der Waals surface area contributed by atoms with Crippen LogP contribution in [0.3, 0.4) is 0 Å². The highest BCUT2D eigenvalue weighted by Gasteiger charge is 2.26. The van der Waals surface area contributed by atoms with Crippen molar-refractivity contribution >= 4 is 16.1 Å². The summed E-state index contributed by atoms with van der Waals surface area (Å²) in [5.74, 6) is 0.0973. The minimum atomic E-state index is -3.40. The van der Waals surface area contributed by atoms with Crippen molar-refractivity contribution in [2.45, 2.75) is 25.3 Å². The molecule has 0 bridgehead atoms. The van der Waals surface area contributed by atoms with E-state index in [0.29, 0.717) is 32.4 Å². The van der Waals surface area contributed by atoms with E-state index in [1.807, 2.05) is 35.2 Å². The molecule has 1 saturated heterocycles. The molecule has 1 amide bonds. The molecule has 0 radical (unpaired) electrons. The summed E-state index contributed by atoms with van der Waals surface area (Å²) < 4.78 is 27.4. The average Bonchev–Trinajstić information content (AvgIpc) is 2.48. The zero-order valence-electron chi connectivity index (χ0n) is 13.0. The van der Waals surface area contributed by atoms with Crippen molar-refractivity contribution in [1.29, 1.82) is 0 Å². The number of carbonyl (C=O) groups is 1. The van der Waals surface area contributed by atoms with Crippen molar-refractivity contribution in [1.82, 2.24) is 13.9 Å². The molecule has 1 N–H and O–H groups in total. The third kappa shape index (κ3) is 4.53. The lowest BCUT2D eigenvalue weighted by atomic mass is 10.0. The molecule has 22 heavy (non-hydrogen) atoms. The van der Waals surface area contributed by atoms with Crippen LogP contribution in [0.25, 0.3) is 0 Å². The van der Waals surface area contributed by atoms with Crippen LogP contribution in [0.4, 0.5) is 0 Å². The molecule has 0 atom stereocenters. The van der Waals surface area contributed by atoms with Gasteiger partial charge in [-0.05, 0) is 18.4 Å². The standard InChI is InChI=1S/C15H23N3O3S/c1-17(2)22(20,21)16-14-8-10-18(11-9-14)15(19)12-13-6-4-3-5-7-13/h3-7,14,16H,8-12H2,1-2H3. The van der Waals surface area contributed by atoms with Crippen LogP contribution < -0.4 is 4.72 Å². The van der Waals surface area contributed by atoms with Crippen LogP contribution in [0.2, 0.25) is 0 Å². The largest absolute Gasteiger partial charge is 0.342 e. The molecular formula is C15H23N3O3S. The predicted molar refractivity (Wildman–Crippen MR) is 85.5 cm³/mol. The number of likely N-dealkylation sites (tertiary alicyclic amines) is 1. The molecular weight excluding hydrogens is 302 g/mol. The first-order chi connectivity index (χ1) is 10.4. The van der Waals surface area contributed by atoms with Crippen molar-refractivity contribution in [3.8, 4) is 0 Å². The van der Waals surface area contributed by atoms with Crippen LogP contribution >= 0.6 is 0 Å². The first kappa shape index (κ1) is 16.9. The van der Waals surface area contributed by atoms with Gasteiger partial charge >= 0.3 is 0 Å². The number of nitrogens with one attached hydrogen (secondary N) is 1. The lowest BCUT2D eigenvalue weighted by Gasteiger charge is -2.32. The Balaban J connectivity index is 1.83. The van der Waals surface area contributed by atoms with Gasteiger partial charge in [-0.15, -0.1) is 0 Å². The van der Waals surface area contributed by atoms with E-state index in [0.717, 1.165) is 5.56 Å². The highest BCUT2D eigenvalue weighted by Crippen LogP contribution is 2.13. The van der Waals surface area contributed by atoms with Gasteiger partial charge in [0.15, 0.2) is 0 Å². The summed E-state index contributed by atoms with van der Waals surface area (Å²) >= 11 is 0. The van der Waals surface area contributed by atoms with Gasteiger partial charge < -0.3 is 4.90 Å². The maximum atomic E-state index is 12.2. The van der Waals surface area contributed by atoms with E-state index in [4.69, 9.17) is 0 Å². The minimum Gasteiger partial charge on any atom is -0.342 e. The summed E-state index contributed by atoms with van der Waals surface area (Å²) in [5, 5.41) is 0. The third-order valence-corrected chi connectivity index (χ3v) is 5.43. The Morgan fingerprint density at radius 3 is 2.36 bits per heavy atom. The molecule has 1 aliphatic rings. The summed E-state index contributed by atoms with van der Waals surface area (Å²) in [7, 11) is -0.403. The normalized spacial score (nSPS) is 17.0. The van der Waals surface area contributed by atoms with E-state index in [1.165, 1.54) is 18.4 Å². The zero-order chi connectivity index (χ0) is 16.2. The zero-order valence-corrected chi connectivity index (χ0v) is 13.8. The smallest absolute Gasteiger partial charge is 0.279 e. The van der Waals surface area contributed by atoms with Gasteiger partial charge in [0.25, 0.3) is 10.2 Å². The topological polar surface area (TPSA) is 69.7 Å². The molecule has 1 aliphatic heterocycles. The van der Waals surface area contributed by atoms with Crippen molar-refractivity contribution in [3.63, 3.8) is 0 Å². The number of piperidine rings is 1. The van der Waals surface area contributed by atoms with Crippen LogP contribution in [-0.4, -0.2) is 56.8 Å². The number of rotatable bonds is 5. The summed E-state index contributed by atoms with van der Waals surface area (Å²) in [5.41, 5.74) is 1.00. The molecule has 6 nitrogen and oxygen atoms in total. The van der Waals surface area contributed by atoms with Gasteiger partial charge in [-0.25, -0.2) is 0 Å². The van der Waals surface area contributed by atoms with Crippen molar-refractivity contribution in [2.24, 2.45) is 0 Å². The van der Waals surface area contributed by atoms with E-state index in [2.05, 4.69) is 4.72 Å². The Morgan fingerprint density at radius 1 is 1.23 bits per heavy atom. The van der Waals surface area contributed by atoms with E-state index in [-0.39, 0.29) is 11.9 Å². The fourth-order valence-electron chi connectivity index (χ4n) is 2.45. The van der Waals surface area contributed by atoms with E-state index >= 15 is 0 Å². The molecule has 1 aromatic rings. The average molecular weight is 325 g/mol. The Labute approximate surface area is 132 Å². The van der Waals surface area contributed by atoms with Gasteiger partial charge in [0.05, 0.1) is 6.42 Å². The maximum absolute atomic E-state index is 12.2. The summed E-state index contributed by atoms with van der Waals surface area (Å²) in [6.07, 6.45) is 1.69. The predicted octanol–water partition coefficient (Wildman–Crippen LogP) is 0.616. The van der Waals surface area contributed by atoms with Gasteiger partial charge in [0.2, 0.25) is 5.91 Å². The molecule has 1 fully saturated rings. The second kappa shape index (κ2) is 7.21. The summed E-state index contributed by atoms with van der Waals surface area (Å²) in [6.45, 7) is 1.18. The Hall–Kier alpha value is -1.44. The van der Waals surface area contributed by atoms with Gasteiger partial charge in [-0.3, -0.25) is 4.79 Å². The molecule has 0 aromatic heterocycles. The molecule has 122 valence electrons. The highest BCUT2D eigenvalue weighted by atomic mass is 32.2. The fraction of sp³-hybridized carbons (Fsp3) is 0.533. The SMILES string of the molecule is CN(C)S(=O)(=O)NC1CCN(C(=O)Cc2ccccc2)CC1. The summed E-state index contributed by atoms with van der Waals surface area (Å²) in [6, 6.07) is 9.55. The lowest BCUT2D eigenvalue weighted by Crippen LogP contribution is -2.49. The number of benzene rings is 1. The Kier molecular flexibility index (Phi) is 5.55. The minimum absolute atomic E-state index is 0.0973. The molecule has 7 heteroatoms. The van der Waals surface area contributed by atoms with Gasteiger partial charge in [-0.2, -0.15) is 17.4 Å². The number of hydrogen-bond donors (Lipinski definition) is 1. The van der Waals surface area contributed by atoms with Gasteiger partial charge in [-0.1, -0.05) is 30.3 Å². The Bertz CT molecular complexity index is 594. The van der Waals surface area contributed by atoms with Crippen molar-refractivity contribution in [3.05, 3.63) is 35.9 Å². The monoisotopic (exact) mass is 325 g/mol. The second-order valence-electron chi connectivity index (χ2n) is 5.72. The van der Waals surface area contributed by atoms with Crippen LogP contribution in [-0.2, 0) is 21.4 Å². The van der Waals surface area contributed by atoms with Gasteiger partial charge in [0, 0.05) is 33.2 Å². The summed E-state index contributed by atoms with van der Waals surface area (Å²) in [4.78, 5) is 14.1. The Morgan fingerprint density at radius 2 is 1.82 bits per heavy atom. The van der Waals surface area contributed by atoms with E-state index in [1.54, 1.807) is 0 Å². The third-order valence-electron chi connectivity index (χ3n) is 3.84. The maximum Gasteiger partial charge on any atom is 0.279 e. The highest BCUT2D eigenvalue weighted by molar-refractivity contribution is 7.87. The van der Waals surface area contributed by atoms with Crippen molar-refractivity contribution < 1.29 is 13.2 Å². The van der Waals surface area contributed by atoms with Crippen molar-refractivity contribution in [2.75, 3.05) is 27.2 Å². The molecule has 1 heterocycles.